The maximum absolute atomic E-state index is 6.03. The van der Waals surface area contributed by atoms with Gasteiger partial charge < -0.3 is 0 Å². The predicted molar refractivity (Wildman–Crippen MR) is 60.5 cm³/mol. The molecule has 4 nitrogen and oxygen atoms in total. The van der Waals surface area contributed by atoms with Gasteiger partial charge in [-0.3, -0.25) is 5.84 Å². The number of thiophene rings is 1. The van der Waals surface area contributed by atoms with Crippen molar-refractivity contribution in [1.82, 2.24) is 15.4 Å². The van der Waals surface area contributed by atoms with Crippen LogP contribution in [0.4, 0.5) is 0 Å². The second kappa shape index (κ2) is 4.67. The van der Waals surface area contributed by atoms with Crippen molar-refractivity contribution < 1.29 is 0 Å². The van der Waals surface area contributed by atoms with Crippen molar-refractivity contribution in [3.63, 3.8) is 0 Å². The molecule has 3 N–H and O–H groups in total. The number of halogens is 1. The molecule has 1 atom stereocenters. The summed E-state index contributed by atoms with van der Waals surface area (Å²) < 4.78 is 0. The van der Waals surface area contributed by atoms with Crippen molar-refractivity contribution in [1.29, 1.82) is 0 Å². The topological polar surface area (TPSA) is 63.8 Å². The fourth-order valence-corrected chi connectivity index (χ4v) is 2.52. The van der Waals surface area contributed by atoms with Crippen molar-refractivity contribution >= 4 is 22.9 Å². The Bertz CT molecular complexity index is 431. The van der Waals surface area contributed by atoms with Gasteiger partial charge in [0.15, 0.2) is 0 Å². The third-order valence-corrected chi connectivity index (χ3v) is 3.40. The van der Waals surface area contributed by atoms with Crippen LogP contribution in [0.1, 0.15) is 16.6 Å². The van der Waals surface area contributed by atoms with Gasteiger partial charge in [-0.1, -0.05) is 11.6 Å². The van der Waals surface area contributed by atoms with Crippen LogP contribution in [0.3, 0.4) is 0 Å². The Balaban J connectivity index is 2.37. The molecule has 2 heterocycles. The number of hydrogen-bond donors (Lipinski definition) is 2. The summed E-state index contributed by atoms with van der Waals surface area (Å²) in [7, 11) is 0. The third kappa shape index (κ3) is 2.15. The molecule has 2 aromatic rings. The van der Waals surface area contributed by atoms with Crippen molar-refractivity contribution in [2.75, 3.05) is 0 Å². The highest BCUT2D eigenvalue weighted by molar-refractivity contribution is 7.10. The Morgan fingerprint density at radius 3 is 2.87 bits per heavy atom. The van der Waals surface area contributed by atoms with Crippen LogP contribution in [0, 0.1) is 0 Å². The highest BCUT2D eigenvalue weighted by Crippen LogP contribution is 2.31. The van der Waals surface area contributed by atoms with Crippen LogP contribution in [0.2, 0.25) is 5.02 Å². The summed E-state index contributed by atoms with van der Waals surface area (Å²) in [4.78, 5) is 8.95. The van der Waals surface area contributed by atoms with Gasteiger partial charge in [0, 0.05) is 11.1 Å². The van der Waals surface area contributed by atoms with Crippen LogP contribution in [0.5, 0.6) is 0 Å². The smallest absolute Gasteiger partial charge is 0.115 e. The quantitative estimate of drug-likeness (QED) is 0.634. The largest absolute Gasteiger partial charge is 0.270 e. The molecule has 6 heteroatoms. The van der Waals surface area contributed by atoms with E-state index in [2.05, 4.69) is 15.4 Å². The molecular formula is C9H9ClN4S. The second-order valence-electron chi connectivity index (χ2n) is 2.87. The first kappa shape index (κ1) is 10.5. The highest BCUT2D eigenvalue weighted by Gasteiger charge is 2.17. The summed E-state index contributed by atoms with van der Waals surface area (Å²) in [6.45, 7) is 0. The fourth-order valence-electron chi connectivity index (χ4n) is 1.28. The van der Waals surface area contributed by atoms with E-state index in [1.54, 1.807) is 23.6 Å². The normalized spacial score (nSPS) is 12.7. The average Bonchev–Trinajstić information content (AvgIpc) is 2.68. The predicted octanol–water partition coefficient (Wildman–Crippen LogP) is 1.74. The minimum absolute atomic E-state index is 0.180. The molecule has 0 aliphatic heterocycles. The van der Waals surface area contributed by atoms with E-state index in [1.807, 2.05) is 11.4 Å². The van der Waals surface area contributed by atoms with Crippen LogP contribution in [0.25, 0.3) is 0 Å². The average molecular weight is 241 g/mol. The Hall–Kier alpha value is -1.01. The van der Waals surface area contributed by atoms with Gasteiger partial charge in [0.05, 0.1) is 16.8 Å². The third-order valence-electron chi connectivity index (χ3n) is 1.97. The number of hydrazine groups is 1. The molecule has 78 valence electrons. The summed E-state index contributed by atoms with van der Waals surface area (Å²) in [6, 6.07) is 3.47. The van der Waals surface area contributed by atoms with E-state index in [-0.39, 0.29) is 6.04 Å². The van der Waals surface area contributed by atoms with Gasteiger partial charge in [0.2, 0.25) is 0 Å². The van der Waals surface area contributed by atoms with Gasteiger partial charge in [-0.2, -0.15) is 0 Å². The molecule has 2 rings (SSSR count). The van der Waals surface area contributed by atoms with Crippen LogP contribution in [-0.4, -0.2) is 9.97 Å². The van der Waals surface area contributed by atoms with Crippen molar-refractivity contribution in [2.24, 2.45) is 5.84 Å². The first-order valence-corrected chi connectivity index (χ1v) is 5.53. The summed E-state index contributed by atoms with van der Waals surface area (Å²) in [5.74, 6) is 5.50. The summed E-state index contributed by atoms with van der Waals surface area (Å²) in [5, 5.41) is 2.62. The number of hydrogen-bond acceptors (Lipinski definition) is 5. The molecule has 0 radical (unpaired) electrons. The van der Waals surface area contributed by atoms with Crippen LogP contribution < -0.4 is 11.3 Å². The van der Waals surface area contributed by atoms with Crippen LogP contribution in [0.15, 0.2) is 30.0 Å². The van der Waals surface area contributed by atoms with Crippen molar-refractivity contribution in [3.05, 3.63) is 45.6 Å². The highest BCUT2D eigenvalue weighted by atomic mass is 35.5. The number of nitrogens with two attached hydrogens (primary N) is 1. The number of nitrogens with one attached hydrogen (secondary N) is 1. The van der Waals surface area contributed by atoms with Crippen LogP contribution in [-0.2, 0) is 0 Å². The van der Waals surface area contributed by atoms with E-state index in [0.717, 1.165) is 10.6 Å². The van der Waals surface area contributed by atoms with Gasteiger partial charge >= 0.3 is 0 Å². The zero-order valence-corrected chi connectivity index (χ0v) is 9.29. The van der Waals surface area contributed by atoms with Gasteiger partial charge in [-0.15, -0.1) is 11.3 Å². The molecule has 0 amide bonds. The lowest BCUT2D eigenvalue weighted by Gasteiger charge is -2.13. The first-order valence-electron chi connectivity index (χ1n) is 4.28. The van der Waals surface area contributed by atoms with Gasteiger partial charge in [-0.25, -0.2) is 15.4 Å². The van der Waals surface area contributed by atoms with Crippen molar-refractivity contribution in [3.8, 4) is 0 Å². The van der Waals surface area contributed by atoms with Gasteiger partial charge in [0.25, 0.3) is 0 Å². The summed E-state index contributed by atoms with van der Waals surface area (Å²) in [6.07, 6.45) is 3.16. The van der Waals surface area contributed by atoms with E-state index < -0.39 is 0 Å². The Morgan fingerprint density at radius 1 is 1.47 bits per heavy atom. The fraction of sp³-hybridized carbons (Fsp3) is 0.111. The zero-order chi connectivity index (χ0) is 10.7. The van der Waals surface area contributed by atoms with Gasteiger partial charge in [0.1, 0.15) is 6.33 Å². The number of rotatable bonds is 3. The molecule has 0 fully saturated rings. The summed E-state index contributed by atoms with van der Waals surface area (Å²) in [5.41, 5.74) is 3.50. The standard InChI is InChI=1S/C9H9ClN4S/c10-6-2-4-15-9(6)8(14-11)7-1-3-12-5-13-7/h1-5,8,14H,11H2. The van der Waals surface area contributed by atoms with Gasteiger partial charge in [-0.05, 0) is 17.5 Å². The maximum atomic E-state index is 6.03. The summed E-state index contributed by atoms with van der Waals surface area (Å²) >= 11 is 7.58. The molecule has 0 aromatic carbocycles. The van der Waals surface area contributed by atoms with E-state index in [0.29, 0.717) is 5.02 Å². The van der Waals surface area contributed by atoms with Crippen LogP contribution >= 0.6 is 22.9 Å². The minimum Gasteiger partial charge on any atom is -0.270 e. The number of aromatic nitrogens is 2. The SMILES string of the molecule is NNC(c1ccncn1)c1sccc1Cl. The first-order chi connectivity index (χ1) is 7.33. The van der Waals surface area contributed by atoms with Crippen molar-refractivity contribution in [2.45, 2.75) is 6.04 Å². The Morgan fingerprint density at radius 2 is 2.33 bits per heavy atom. The monoisotopic (exact) mass is 240 g/mol. The lowest BCUT2D eigenvalue weighted by atomic mass is 10.2. The molecule has 1 unspecified atom stereocenters. The molecule has 0 saturated heterocycles. The molecule has 0 aliphatic rings. The van der Waals surface area contributed by atoms with E-state index in [4.69, 9.17) is 17.4 Å². The molecule has 0 spiro atoms. The lowest BCUT2D eigenvalue weighted by molar-refractivity contribution is 0.628. The van der Waals surface area contributed by atoms with E-state index in [1.165, 1.54) is 6.33 Å². The second-order valence-corrected chi connectivity index (χ2v) is 4.22. The van der Waals surface area contributed by atoms with E-state index in [9.17, 15) is 0 Å². The number of nitrogens with zero attached hydrogens (tertiary/aromatic N) is 2. The molecule has 15 heavy (non-hydrogen) atoms. The maximum Gasteiger partial charge on any atom is 0.115 e. The molecule has 0 bridgehead atoms. The molecule has 0 aliphatic carbocycles. The minimum atomic E-state index is -0.180. The molecule has 2 aromatic heterocycles. The van der Waals surface area contributed by atoms with E-state index >= 15 is 0 Å². The lowest BCUT2D eigenvalue weighted by Crippen LogP contribution is -2.29. The Kier molecular flexibility index (Phi) is 3.27. The molecular weight excluding hydrogens is 232 g/mol. The molecule has 0 saturated carbocycles. The Labute approximate surface area is 96.1 Å². The zero-order valence-electron chi connectivity index (χ0n) is 7.72.